The van der Waals surface area contributed by atoms with Crippen LogP contribution in [0.4, 0.5) is 8.78 Å². The number of nitrogens with zero attached hydrogens (tertiary/aromatic N) is 2. The Labute approximate surface area is 125 Å². The number of rotatable bonds is 5. The summed E-state index contributed by atoms with van der Waals surface area (Å²) in [4.78, 5) is 3.52. The molecule has 120 valence electrons. The van der Waals surface area contributed by atoms with Gasteiger partial charge in [0.2, 0.25) is 10.0 Å². The van der Waals surface area contributed by atoms with Crippen molar-refractivity contribution >= 4 is 10.0 Å². The highest BCUT2D eigenvalue weighted by atomic mass is 32.2. The van der Waals surface area contributed by atoms with Gasteiger partial charge in [-0.3, -0.25) is 5.10 Å². The second-order valence-electron chi connectivity index (χ2n) is 5.07. The van der Waals surface area contributed by atoms with Crippen molar-refractivity contribution in [3.8, 4) is 0 Å². The van der Waals surface area contributed by atoms with Crippen molar-refractivity contribution in [3.63, 3.8) is 0 Å². The van der Waals surface area contributed by atoms with Gasteiger partial charge in [0, 0.05) is 0 Å². The molecule has 0 amide bonds. The third-order valence-electron chi connectivity index (χ3n) is 2.71. The number of aromatic nitrogens is 3. The highest BCUT2D eigenvalue weighted by Gasteiger charge is 2.22. The lowest BCUT2D eigenvalue weighted by Gasteiger charge is -2.10. The van der Waals surface area contributed by atoms with Crippen molar-refractivity contribution in [3.05, 3.63) is 41.5 Å². The minimum Gasteiger partial charge on any atom is -0.382 e. The molecule has 1 aromatic heterocycles. The number of sulfonamides is 1. The molecule has 0 radical (unpaired) electrons. The smallest absolute Gasteiger partial charge is 0.241 e. The summed E-state index contributed by atoms with van der Waals surface area (Å²) in [6.45, 7) is 2.71. The topological polar surface area (TPSA) is 108 Å². The Bertz CT molecular complexity index is 784. The summed E-state index contributed by atoms with van der Waals surface area (Å²) >= 11 is 0. The molecule has 1 aromatic carbocycles. The quantitative estimate of drug-likeness (QED) is 0.750. The van der Waals surface area contributed by atoms with Crippen molar-refractivity contribution in [2.45, 2.75) is 30.9 Å². The summed E-state index contributed by atoms with van der Waals surface area (Å²) in [5.41, 5.74) is -1.27. The van der Waals surface area contributed by atoms with E-state index in [1.807, 2.05) is 0 Å². The van der Waals surface area contributed by atoms with Gasteiger partial charge in [-0.2, -0.15) is 5.10 Å². The number of H-pyrrole nitrogens is 1. The molecule has 0 aliphatic heterocycles. The first-order valence-electron chi connectivity index (χ1n) is 6.18. The van der Waals surface area contributed by atoms with Crippen LogP contribution in [-0.2, 0) is 22.2 Å². The minimum atomic E-state index is -4.03. The van der Waals surface area contributed by atoms with E-state index in [0.717, 1.165) is 12.1 Å². The third-order valence-corrected chi connectivity index (χ3v) is 4.11. The summed E-state index contributed by atoms with van der Waals surface area (Å²) in [7, 11) is -4.03. The Morgan fingerprint density at radius 3 is 2.55 bits per heavy atom. The van der Waals surface area contributed by atoms with Gasteiger partial charge in [-0.25, -0.2) is 26.9 Å². The fraction of sp³-hybridized carbons (Fsp3) is 0.333. The number of aromatic amines is 1. The number of hydrogen-bond donors (Lipinski definition) is 3. The Morgan fingerprint density at radius 1 is 1.32 bits per heavy atom. The van der Waals surface area contributed by atoms with Crippen molar-refractivity contribution in [1.82, 2.24) is 19.9 Å². The molecule has 2 rings (SSSR count). The number of benzene rings is 1. The molecule has 0 aliphatic carbocycles. The summed E-state index contributed by atoms with van der Waals surface area (Å²) < 4.78 is 52.0. The van der Waals surface area contributed by atoms with E-state index >= 15 is 0 Å². The summed E-state index contributed by atoms with van der Waals surface area (Å²) in [5.74, 6) is -2.12. The van der Waals surface area contributed by atoms with Crippen LogP contribution in [0.15, 0.2) is 23.1 Å². The first kappa shape index (κ1) is 16.5. The lowest BCUT2D eigenvalue weighted by molar-refractivity contribution is 0.0690. The Kier molecular flexibility index (Phi) is 4.27. The van der Waals surface area contributed by atoms with E-state index in [4.69, 9.17) is 0 Å². The van der Waals surface area contributed by atoms with Gasteiger partial charge in [-0.15, -0.1) is 0 Å². The van der Waals surface area contributed by atoms with Crippen molar-refractivity contribution in [1.29, 1.82) is 0 Å². The van der Waals surface area contributed by atoms with Gasteiger partial charge in [0.15, 0.2) is 17.5 Å². The van der Waals surface area contributed by atoms with E-state index in [0.29, 0.717) is 6.07 Å². The van der Waals surface area contributed by atoms with Gasteiger partial charge in [-0.05, 0) is 32.0 Å². The lowest BCUT2D eigenvalue weighted by Crippen LogP contribution is -2.24. The SMILES string of the molecule is CC(C)(O)c1n[nH]c(CNS(=O)(=O)c2ccc(F)c(F)c2)n1. The van der Waals surface area contributed by atoms with Gasteiger partial charge in [0.25, 0.3) is 0 Å². The van der Waals surface area contributed by atoms with E-state index < -0.39 is 32.2 Å². The van der Waals surface area contributed by atoms with Crippen molar-refractivity contribution in [2.75, 3.05) is 0 Å². The third kappa shape index (κ3) is 3.64. The van der Waals surface area contributed by atoms with Crippen molar-refractivity contribution < 1.29 is 22.3 Å². The molecule has 10 heteroatoms. The van der Waals surface area contributed by atoms with E-state index in [9.17, 15) is 22.3 Å². The van der Waals surface area contributed by atoms with Gasteiger partial charge >= 0.3 is 0 Å². The Morgan fingerprint density at radius 2 is 2.00 bits per heavy atom. The van der Waals surface area contributed by atoms with Crippen LogP contribution in [0.3, 0.4) is 0 Å². The molecule has 0 fully saturated rings. The van der Waals surface area contributed by atoms with Crippen LogP contribution in [0.1, 0.15) is 25.5 Å². The number of aliphatic hydroxyl groups is 1. The molecular weight excluding hydrogens is 318 g/mol. The predicted octanol–water partition coefficient (Wildman–Crippen LogP) is 0.789. The van der Waals surface area contributed by atoms with Gasteiger partial charge in [0.05, 0.1) is 11.4 Å². The molecule has 0 bridgehead atoms. The average Bonchev–Trinajstić information content (AvgIpc) is 2.88. The van der Waals surface area contributed by atoms with Gasteiger partial charge < -0.3 is 5.11 Å². The molecular formula is C12H14F2N4O3S. The standard InChI is InChI=1S/C12H14F2N4O3S/c1-12(2,19)11-16-10(17-18-11)6-15-22(20,21)7-3-4-8(13)9(14)5-7/h3-5,15,19H,6H2,1-2H3,(H,16,17,18). The summed E-state index contributed by atoms with van der Waals surface area (Å²) in [5, 5.41) is 15.9. The van der Waals surface area contributed by atoms with E-state index in [2.05, 4.69) is 19.9 Å². The van der Waals surface area contributed by atoms with Crippen molar-refractivity contribution in [2.24, 2.45) is 0 Å². The molecule has 2 aromatic rings. The van der Waals surface area contributed by atoms with Crippen LogP contribution >= 0.6 is 0 Å². The maximum Gasteiger partial charge on any atom is 0.241 e. The second kappa shape index (κ2) is 5.71. The molecule has 0 saturated heterocycles. The zero-order valence-corrected chi connectivity index (χ0v) is 12.6. The number of nitrogens with one attached hydrogen (secondary N) is 2. The van der Waals surface area contributed by atoms with Crippen LogP contribution < -0.4 is 4.72 Å². The van der Waals surface area contributed by atoms with Crippen LogP contribution in [-0.4, -0.2) is 28.7 Å². The normalized spacial score (nSPS) is 12.6. The van der Waals surface area contributed by atoms with Crippen LogP contribution in [0.25, 0.3) is 0 Å². The minimum absolute atomic E-state index is 0.106. The molecule has 7 nitrogen and oxygen atoms in total. The van der Waals surface area contributed by atoms with Crippen LogP contribution in [0.5, 0.6) is 0 Å². The molecule has 0 aliphatic rings. The Hall–Kier alpha value is -1.91. The second-order valence-corrected chi connectivity index (χ2v) is 6.83. The molecule has 3 N–H and O–H groups in total. The molecule has 0 unspecified atom stereocenters. The molecule has 0 atom stereocenters. The number of hydrogen-bond acceptors (Lipinski definition) is 5. The summed E-state index contributed by atoms with van der Waals surface area (Å²) in [6, 6.07) is 2.26. The van der Waals surface area contributed by atoms with Gasteiger partial charge in [0.1, 0.15) is 11.4 Å². The monoisotopic (exact) mass is 332 g/mol. The first-order valence-corrected chi connectivity index (χ1v) is 7.67. The maximum absolute atomic E-state index is 13.1. The maximum atomic E-state index is 13.1. The molecule has 22 heavy (non-hydrogen) atoms. The highest BCUT2D eigenvalue weighted by Crippen LogP contribution is 2.15. The van der Waals surface area contributed by atoms with Crippen LogP contribution in [0.2, 0.25) is 0 Å². The van der Waals surface area contributed by atoms with E-state index in [1.54, 1.807) is 0 Å². The Balaban J connectivity index is 2.13. The predicted molar refractivity (Wildman–Crippen MR) is 72.0 cm³/mol. The fourth-order valence-corrected chi connectivity index (χ4v) is 2.54. The molecule has 0 saturated carbocycles. The fourth-order valence-electron chi connectivity index (χ4n) is 1.54. The zero-order valence-electron chi connectivity index (χ0n) is 11.8. The van der Waals surface area contributed by atoms with E-state index in [-0.39, 0.29) is 18.2 Å². The average molecular weight is 332 g/mol. The number of halogens is 2. The lowest BCUT2D eigenvalue weighted by atomic mass is 10.1. The van der Waals surface area contributed by atoms with Gasteiger partial charge in [-0.1, -0.05) is 0 Å². The molecule has 0 spiro atoms. The zero-order chi connectivity index (χ0) is 16.5. The highest BCUT2D eigenvalue weighted by molar-refractivity contribution is 7.89. The molecule has 1 heterocycles. The largest absolute Gasteiger partial charge is 0.382 e. The summed E-state index contributed by atoms with van der Waals surface area (Å²) in [6.07, 6.45) is 0. The first-order chi connectivity index (χ1) is 10.1. The van der Waals surface area contributed by atoms with Crippen LogP contribution in [0, 0.1) is 11.6 Å². The van der Waals surface area contributed by atoms with E-state index in [1.165, 1.54) is 13.8 Å².